The smallest absolute Gasteiger partial charge is 0.0636 e. The predicted octanol–water partition coefficient (Wildman–Crippen LogP) is -1.09. The van der Waals surface area contributed by atoms with E-state index in [1.165, 1.54) is 19.3 Å². The summed E-state index contributed by atoms with van der Waals surface area (Å²) in [6.07, 6.45) is 5.76. The Hall–Kier alpha value is 0.528. The van der Waals surface area contributed by atoms with E-state index in [9.17, 15) is 0 Å². The summed E-state index contributed by atoms with van der Waals surface area (Å²) in [6.45, 7) is 0. The van der Waals surface area contributed by atoms with Gasteiger partial charge in [0.2, 0.25) is 0 Å². The van der Waals surface area contributed by atoms with Crippen LogP contribution in [0.25, 0.3) is 0 Å². The van der Waals surface area contributed by atoms with Gasteiger partial charge >= 0.3 is 0 Å². The van der Waals surface area contributed by atoms with Crippen molar-refractivity contribution >= 4 is 0 Å². The summed E-state index contributed by atoms with van der Waals surface area (Å²) >= 11 is 0. The molecule has 1 aliphatic carbocycles. The molecule has 1 saturated carbocycles. The van der Waals surface area contributed by atoms with Crippen molar-refractivity contribution in [1.29, 1.82) is 0 Å². The molecule has 0 aromatic rings. The van der Waals surface area contributed by atoms with Gasteiger partial charge in [0, 0.05) is 21.1 Å². The molecule has 1 aliphatic rings. The summed E-state index contributed by atoms with van der Waals surface area (Å²) in [5.74, 6) is 0. The van der Waals surface area contributed by atoms with Gasteiger partial charge in [0.25, 0.3) is 0 Å². The molecule has 0 aliphatic heterocycles. The SMILES string of the molecule is NC1(N)CCCCC1.O.O.[Pt]. The molecular formula is C6H18N2O2Pt. The molecule has 0 atom stereocenters. The van der Waals surface area contributed by atoms with Gasteiger partial charge in [-0.2, -0.15) is 0 Å². The van der Waals surface area contributed by atoms with E-state index in [1.807, 2.05) is 0 Å². The quantitative estimate of drug-likeness (QED) is 0.543. The van der Waals surface area contributed by atoms with E-state index in [0.29, 0.717) is 0 Å². The molecule has 0 amide bonds. The molecule has 0 heterocycles. The molecule has 1 fully saturated rings. The van der Waals surface area contributed by atoms with E-state index in [2.05, 4.69) is 0 Å². The van der Waals surface area contributed by atoms with Crippen LogP contribution in [0, 0.1) is 0 Å². The van der Waals surface area contributed by atoms with Gasteiger partial charge in [-0.3, -0.25) is 0 Å². The molecule has 11 heavy (non-hydrogen) atoms. The Labute approximate surface area is 81.6 Å². The number of nitrogens with two attached hydrogens (primary N) is 2. The maximum atomic E-state index is 5.66. The monoisotopic (exact) mass is 345 g/mol. The number of hydrogen-bond acceptors (Lipinski definition) is 2. The van der Waals surface area contributed by atoms with Gasteiger partial charge in [-0.05, 0) is 12.8 Å². The van der Waals surface area contributed by atoms with E-state index in [1.54, 1.807) is 0 Å². The van der Waals surface area contributed by atoms with Crippen LogP contribution in [0.2, 0.25) is 0 Å². The molecule has 0 radical (unpaired) electrons. The Morgan fingerprint density at radius 3 is 1.36 bits per heavy atom. The first-order chi connectivity index (χ1) is 3.71. The second-order valence-electron chi connectivity index (χ2n) is 2.79. The van der Waals surface area contributed by atoms with Crippen LogP contribution in [0.5, 0.6) is 0 Å². The Kier molecular flexibility index (Phi) is 11.5. The van der Waals surface area contributed by atoms with Gasteiger partial charge in [0.05, 0.1) is 5.66 Å². The van der Waals surface area contributed by atoms with Gasteiger partial charge in [-0.25, -0.2) is 0 Å². The van der Waals surface area contributed by atoms with Crippen LogP contribution >= 0.6 is 0 Å². The molecule has 0 bridgehead atoms. The van der Waals surface area contributed by atoms with Gasteiger partial charge in [-0.15, -0.1) is 0 Å². The number of rotatable bonds is 0. The molecule has 4 nitrogen and oxygen atoms in total. The van der Waals surface area contributed by atoms with Crippen molar-refractivity contribution in [2.75, 3.05) is 0 Å². The fraction of sp³-hybridized carbons (Fsp3) is 1.00. The Morgan fingerprint density at radius 1 is 0.818 bits per heavy atom. The van der Waals surface area contributed by atoms with Crippen molar-refractivity contribution in [3.63, 3.8) is 0 Å². The minimum absolute atomic E-state index is 0. The topological polar surface area (TPSA) is 115 Å². The first-order valence-corrected chi connectivity index (χ1v) is 3.28. The van der Waals surface area contributed by atoms with Crippen LogP contribution in [-0.4, -0.2) is 16.6 Å². The maximum absolute atomic E-state index is 5.66. The molecule has 0 unspecified atom stereocenters. The fourth-order valence-corrected chi connectivity index (χ4v) is 1.21. The zero-order valence-corrected chi connectivity index (χ0v) is 8.78. The van der Waals surface area contributed by atoms with E-state index < -0.39 is 0 Å². The summed E-state index contributed by atoms with van der Waals surface area (Å²) in [6, 6.07) is 0. The molecule has 0 aromatic carbocycles. The van der Waals surface area contributed by atoms with Crippen LogP contribution in [-0.2, 0) is 21.1 Å². The van der Waals surface area contributed by atoms with E-state index >= 15 is 0 Å². The normalized spacial score (nSPS) is 20.2. The summed E-state index contributed by atoms with van der Waals surface area (Å²) in [4.78, 5) is 0. The van der Waals surface area contributed by atoms with Crippen LogP contribution in [0.3, 0.4) is 0 Å². The Balaban J connectivity index is -0.000000213. The zero-order chi connectivity index (χ0) is 6.04. The van der Waals surface area contributed by atoms with Crippen LogP contribution in [0.1, 0.15) is 32.1 Å². The van der Waals surface area contributed by atoms with Crippen LogP contribution < -0.4 is 11.5 Å². The molecule has 0 spiro atoms. The molecule has 8 N–H and O–H groups in total. The van der Waals surface area contributed by atoms with Crippen molar-refractivity contribution in [3.8, 4) is 0 Å². The molecule has 1 rings (SSSR count). The van der Waals surface area contributed by atoms with E-state index in [4.69, 9.17) is 11.5 Å². The number of hydrogen-bond donors (Lipinski definition) is 2. The van der Waals surface area contributed by atoms with Crippen LogP contribution in [0.15, 0.2) is 0 Å². The van der Waals surface area contributed by atoms with E-state index in [-0.39, 0.29) is 37.7 Å². The van der Waals surface area contributed by atoms with Gasteiger partial charge in [-0.1, -0.05) is 19.3 Å². The minimum atomic E-state index is -0.321. The molecular weight excluding hydrogens is 327 g/mol. The molecule has 74 valence electrons. The van der Waals surface area contributed by atoms with Crippen molar-refractivity contribution in [3.05, 3.63) is 0 Å². The summed E-state index contributed by atoms with van der Waals surface area (Å²) in [5, 5.41) is 0. The Morgan fingerprint density at radius 2 is 1.18 bits per heavy atom. The third-order valence-corrected chi connectivity index (χ3v) is 1.78. The van der Waals surface area contributed by atoms with Crippen molar-refractivity contribution < 1.29 is 32.0 Å². The average Bonchev–Trinajstić information content (AvgIpc) is 1.65. The summed E-state index contributed by atoms with van der Waals surface area (Å²) in [5.41, 5.74) is 11.0. The molecule has 5 heteroatoms. The zero-order valence-electron chi connectivity index (χ0n) is 6.51. The largest absolute Gasteiger partial charge is 0.412 e. The van der Waals surface area contributed by atoms with Gasteiger partial charge < -0.3 is 22.4 Å². The second-order valence-corrected chi connectivity index (χ2v) is 2.79. The van der Waals surface area contributed by atoms with Crippen molar-refractivity contribution in [2.24, 2.45) is 11.5 Å². The standard InChI is InChI=1S/C6H14N2.2H2O.Pt/c7-6(8)4-2-1-3-5-6;;;/h1-5,7-8H2;2*1H2;. The first-order valence-electron chi connectivity index (χ1n) is 3.28. The third-order valence-electron chi connectivity index (χ3n) is 1.78. The molecule has 0 aromatic heterocycles. The fourth-order valence-electron chi connectivity index (χ4n) is 1.21. The van der Waals surface area contributed by atoms with Gasteiger partial charge in [0.1, 0.15) is 0 Å². The minimum Gasteiger partial charge on any atom is -0.412 e. The van der Waals surface area contributed by atoms with Gasteiger partial charge in [0.15, 0.2) is 0 Å². The maximum Gasteiger partial charge on any atom is 0.0636 e. The summed E-state index contributed by atoms with van der Waals surface area (Å²) < 4.78 is 0. The predicted molar refractivity (Wildman–Crippen MR) is 41.4 cm³/mol. The van der Waals surface area contributed by atoms with Crippen molar-refractivity contribution in [2.45, 2.75) is 37.8 Å². The second kappa shape index (κ2) is 7.19. The van der Waals surface area contributed by atoms with Crippen molar-refractivity contribution in [1.82, 2.24) is 0 Å². The van der Waals surface area contributed by atoms with Crippen LogP contribution in [0.4, 0.5) is 0 Å². The molecule has 0 saturated heterocycles. The Bertz CT molecular complexity index is 82.7. The summed E-state index contributed by atoms with van der Waals surface area (Å²) in [7, 11) is 0. The average molecular weight is 345 g/mol. The third kappa shape index (κ3) is 6.91. The van der Waals surface area contributed by atoms with E-state index in [0.717, 1.165) is 12.8 Å². The first kappa shape index (κ1) is 17.6.